The largest absolute Gasteiger partial charge is 0.497 e. The van der Waals surface area contributed by atoms with Gasteiger partial charge in [0.15, 0.2) is 4.80 Å². The fraction of sp³-hybridized carbons (Fsp3) is 0.222. The first-order valence-electron chi connectivity index (χ1n) is 11.4. The molecule has 2 aromatic carbocycles. The van der Waals surface area contributed by atoms with Crippen LogP contribution in [-0.4, -0.2) is 36.3 Å². The van der Waals surface area contributed by atoms with E-state index in [1.54, 1.807) is 50.8 Å². The Bertz CT molecular complexity index is 1690. The van der Waals surface area contributed by atoms with E-state index in [2.05, 4.69) is 9.98 Å². The van der Waals surface area contributed by atoms with Crippen LogP contribution in [0.5, 0.6) is 11.5 Å². The normalized spacial score (nSPS) is 15.6. The molecule has 1 aliphatic rings. The van der Waals surface area contributed by atoms with Crippen molar-refractivity contribution in [3.05, 3.63) is 90.7 Å². The fourth-order valence-electron chi connectivity index (χ4n) is 4.49. The molecule has 3 heterocycles. The van der Waals surface area contributed by atoms with Gasteiger partial charge in [0.25, 0.3) is 5.56 Å². The number of aromatic nitrogens is 2. The zero-order chi connectivity index (χ0) is 25.4. The smallest absolute Gasteiger partial charge is 0.338 e. The van der Waals surface area contributed by atoms with Gasteiger partial charge in [0.2, 0.25) is 0 Å². The number of para-hydroxylation sites is 1. The van der Waals surface area contributed by atoms with E-state index in [9.17, 15) is 9.59 Å². The average molecular weight is 504 g/mol. The van der Waals surface area contributed by atoms with E-state index < -0.39 is 12.0 Å². The zero-order valence-corrected chi connectivity index (χ0v) is 21.1. The van der Waals surface area contributed by atoms with Crippen molar-refractivity contribution < 1.29 is 19.0 Å². The predicted octanol–water partition coefficient (Wildman–Crippen LogP) is 3.30. The van der Waals surface area contributed by atoms with Crippen LogP contribution in [0.1, 0.15) is 31.0 Å². The summed E-state index contributed by atoms with van der Waals surface area (Å²) in [5.41, 5.74) is 3.00. The number of allylic oxidation sites excluding steroid dienone is 1. The van der Waals surface area contributed by atoms with Crippen LogP contribution in [0, 0.1) is 0 Å². The quantitative estimate of drug-likeness (QED) is 0.408. The van der Waals surface area contributed by atoms with Gasteiger partial charge in [-0.1, -0.05) is 29.5 Å². The molecule has 9 heteroatoms. The number of methoxy groups -OCH3 is 2. The minimum atomic E-state index is -0.796. The van der Waals surface area contributed by atoms with Gasteiger partial charge in [0.1, 0.15) is 17.5 Å². The summed E-state index contributed by atoms with van der Waals surface area (Å²) in [6.07, 6.45) is 3.73. The Morgan fingerprint density at radius 2 is 2.00 bits per heavy atom. The first-order valence-corrected chi connectivity index (χ1v) is 12.3. The third-order valence-corrected chi connectivity index (χ3v) is 7.14. The summed E-state index contributed by atoms with van der Waals surface area (Å²) < 4.78 is 18.5. The van der Waals surface area contributed by atoms with Crippen LogP contribution in [0.15, 0.2) is 69.7 Å². The van der Waals surface area contributed by atoms with E-state index in [0.717, 1.165) is 16.5 Å². The molecule has 0 fully saturated rings. The van der Waals surface area contributed by atoms with Crippen LogP contribution in [0.25, 0.3) is 17.0 Å². The van der Waals surface area contributed by atoms with E-state index in [1.165, 1.54) is 11.3 Å². The Kier molecular flexibility index (Phi) is 6.24. The second kappa shape index (κ2) is 9.50. The van der Waals surface area contributed by atoms with Gasteiger partial charge in [-0.15, -0.1) is 0 Å². The van der Waals surface area contributed by atoms with E-state index in [4.69, 9.17) is 14.2 Å². The summed E-state index contributed by atoms with van der Waals surface area (Å²) in [4.78, 5) is 35.4. The summed E-state index contributed by atoms with van der Waals surface area (Å²) in [6.45, 7) is 3.69. The van der Waals surface area contributed by atoms with Gasteiger partial charge < -0.3 is 19.2 Å². The van der Waals surface area contributed by atoms with Crippen LogP contribution >= 0.6 is 11.3 Å². The lowest BCUT2D eigenvalue weighted by Gasteiger charge is -2.26. The van der Waals surface area contributed by atoms with Crippen LogP contribution < -0.4 is 24.4 Å². The highest BCUT2D eigenvalue weighted by molar-refractivity contribution is 7.07. The molecule has 184 valence electrons. The molecule has 0 aliphatic carbocycles. The van der Waals surface area contributed by atoms with Crippen molar-refractivity contribution in [2.75, 3.05) is 20.8 Å². The molecule has 1 aliphatic heterocycles. The zero-order valence-electron chi connectivity index (χ0n) is 20.3. The highest BCUT2D eigenvalue weighted by Gasteiger charge is 2.35. The number of hydrogen-bond donors (Lipinski definition) is 1. The molecule has 0 spiro atoms. The number of esters is 1. The number of hydrogen-bond acceptors (Lipinski definition) is 7. The molecule has 0 saturated heterocycles. The number of H-pyrrole nitrogens is 1. The van der Waals surface area contributed by atoms with Gasteiger partial charge in [0.05, 0.1) is 36.6 Å². The van der Waals surface area contributed by atoms with Gasteiger partial charge in [-0.3, -0.25) is 9.36 Å². The molecule has 2 aromatic heterocycles. The lowest BCUT2D eigenvalue weighted by Crippen LogP contribution is -2.40. The van der Waals surface area contributed by atoms with Crippen molar-refractivity contribution in [2.24, 2.45) is 4.99 Å². The summed E-state index contributed by atoms with van der Waals surface area (Å²) in [5.74, 6) is 0.563. The minimum absolute atomic E-state index is 0.197. The standard InChI is InChI=1S/C27H25N3O5S/c1-5-35-26(32)23-15(2)29-27-30(24(23)19-13-17(33-3)10-11-21(19)34-4)25(31)22(36-27)12-16-14-28-20-9-7-6-8-18(16)20/h6-14,24,28H,5H2,1-4H3/b22-12-/t24-/m0/s1. The second-order valence-electron chi connectivity index (χ2n) is 8.20. The number of fused-ring (bicyclic) bond motifs is 2. The molecule has 36 heavy (non-hydrogen) atoms. The number of carbonyl (C=O) groups is 1. The average Bonchev–Trinajstić information content (AvgIpc) is 3.43. The third kappa shape index (κ3) is 3.91. The Morgan fingerprint density at radius 1 is 1.19 bits per heavy atom. The topological polar surface area (TPSA) is 94.9 Å². The molecule has 8 nitrogen and oxygen atoms in total. The number of nitrogens with zero attached hydrogens (tertiary/aromatic N) is 2. The molecule has 0 unspecified atom stereocenters. The summed E-state index contributed by atoms with van der Waals surface area (Å²) in [7, 11) is 3.11. The molecule has 0 bridgehead atoms. The molecule has 5 rings (SSSR count). The molecule has 1 atom stereocenters. The number of carbonyl (C=O) groups excluding carboxylic acids is 1. The minimum Gasteiger partial charge on any atom is -0.497 e. The van der Waals surface area contributed by atoms with Gasteiger partial charge in [-0.25, -0.2) is 9.79 Å². The highest BCUT2D eigenvalue weighted by Crippen LogP contribution is 2.37. The number of thiazole rings is 1. The SMILES string of the molecule is CCOC(=O)C1=C(C)N=c2s/c(=C\c3c[nH]c4ccccc34)c(=O)n2[C@H]1c1cc(OC)ccc1OC. The van der Waals surface area contributed by atoms with E-state index in [-0.39, 0.29) is 17.7 Å². The summed E-state index contributed by atoms with van der Waals surface area (Å²) in [6, 6.07) is 12.4. The molecule has 0 radical (unpaired) electrons. The van der Waals surface area contributed by atoms with Crippen molar-refractivity contribution in [1.29, 1.82) is 0 Å². The maximum atomic E-state index is 13.9. The number of rotatable bonds is 6. The van der Waals surface area contributed by atoms with E-state index in [0.29, 0.717) is 32.1 Å². The molecular formula is C27H25N3O5S. The Hall–Kier alpha value is -4.11. The summed E-state index contributed by atoms with van der Waals surface area (Å²) in [5, 5.41) is 1.01. The van der Waals surface area contributed by atoms with Gasteiger partial charge in [0, 0.05) is 28.2 Å². The first kappa shape index (κ1) is 23.6. The van der Waals surface area contributed by atoms with Crippen molar-refractivity contribution in [3.63, 3.8) is 0 Å². The molecular weight excluding hydrogens is 478 g/mol. The third-order valence-electron chi connectivity index (χ3n) is 6.16. The molecule has 1 N–H and O–H groups in total. The molecule has 4 aromatic rings. The van der Waals surface area contributed by atoms with E-state index >= 15 is 0 Å². The molecule has 0 saturated carbocycles. The number of nitrogens with one attached hydrogen (secondary N) is 1. The fourth-order valence-corrected chi connectivity index (χ4v) is 5.53. The first-order chi connectivity index (χ1) is 17.5. The number of ether oxygens (including phenoxy) is 3. The summed E-state index contributed by atoms with van der Waals surface area (Å²) >= 11 is 1.28. The van der Waals surface area contributed by atoms with Crippen LogP contribution in [-0.2, 0) is 9.53 Å². The predicted molar refractivity (Wildman–Crippen MR) is 138 cm³/mol. The van der Waals surface area contributed by atoms with Crippen molar-refractivity contribution in [2.45, 2.75) is 19.9 Å². The van der Waals surface area contributed by atoms with Gasteiger partial charge in [-0.2, -0.15) is 0 Å². The van der Waals surface area contributed by atoms with Gasteiger partial charge >= 0.3 is 5.97 Å². The van der Waals surface area contributed by atoms with E-state index in [1.807, 2.05) is 36.5 Å². The second-order valence-corrected chi connectivity index (χ2v) is 9.21. The Balaban J connectivity index is 1.78. The molecule has 0 amide bonds. The Labute approximate surface area is 210 Å². The van der Waals surface area contributed by atoms with Crippen LogP contribution in [0.4, 0.5) is 0 Å². The maximum Gasteiger partial charge on any atom is 0.338 e. The lowest BCUT2D eigenvalue weighted by atomic mass is 9.94. The van der Waals surface area contributed by atoms with Crippen LogP contribution in [0.2, 0.25) is 0 Å². The van der Waals surface area contributed by atoms with Gasteiger partial charge in [-0.05, 0) is 44.2 Å². The number of benzene rings is 2. The Morgan fingerprint density at radius 3 is 2.75 bits per heavy atom. The van der Waals surface area contributed by atoms with Crippen molar-refractivity contribution in [1.82, 2.24) is 9.55 Å². The number of aromatic amines is 1. The lowest BCUT2D eigenvalue weighted by molar-refractivity contribution is -0.139. The van der Waals surface area contributed by atoms with Crippen molar-refractivity contribution in [3.8, 4) is 11.5 Å². The maximum absolute atomic E-state index is 13.9. The monoisotopic (exact) mass is 503 g/mol. The highest BCUT2D eigenvalue weighted by atomic mass is 32.1. The van der Waals surface area contributed by atoms with Crippen LogP contribution in [0.3, 0.4) is 0 Å². The van der Waals surface area contributed by atoms with Crippen molar-refractivity contribution >= 4 is 34.3 Å².